The van der Waals surface area contributed by atoms with Gasteiger partial charge in [-0.2, -0.15) is 0 Å². The summed E-state index contributed by atoms with van der Waals surface area (Å²) in [5.41, 5.74) is 7.90. The molecule has 0 bridgehead atoms. The smallest absolute Gasteiger partial charge is 0.406 e. The summed E-state index contributed by atoms with van der Waals surface area (Å²) in [4.78, 5) is 4.03. The van der Waals surface area contributed by atoms with E-state index in [9.17, 15) is 13.2 Å². The molecule has 1 aromatic carbocycles. The first kappa shape index (κ1) is 13.2. The van der Waals surface area contributed by atoms with Gasteiger partial charge >= 0.3 is 6.36 Å². The molecule has 0 aliphatic carbocycles. The van der Waals surface area contributed by atoms with Crippen molar-refractivity contribution in [2.75, 3.05) is 5.73 Å². The first-order valence-electron chi connectivity index (χ1n) is 5.44. The van der Waals surface area contributed by atoms with Gasteiger partial charge in [-0.05, 0) is 42.3 Å². The van der Waals surface area contributed by atoms with Crippen LogP contribution < -0.4 is 10.5 Å². The number of hydrogen-bond donors (Lipinski definition) is 1. The molecule has 0 amide bonds. The average molecular weight is 268 g/mol. The average Bonchev–Trinajstić information content (AvgIpc) is 2.26. The predicted molar refractivity (Wildman–Crippen MR) is 65.5 cm³/mol. The largest absolute Gasteiger partial charge is 0.573 e. The summed E-state index contributed by atoms with van der Waals surface area (Å²) in [6, 6.07) is 9.05. The Morgan fingerprint density at radius 1 is 1.05 bits per heavy atom. The summed E-state index contributed by atoms with van der Waals surface area (Å²) < 4.78 is 39.9. The van der Waals surface area contributed by atoms with E-state index in [0.29, 0.717) is 5.82 Å². The summed E-state index contributed by atoms with van der Waals surface area (Å²) in [7, 11) is 0. The van der Waals surface area contributed by atoms with Crippen molar-refractivity contribution in [3.05, 3.63) is 42.1 Å². The number of anilines is 1. The molecule has 3 nitrogen and oxygen atoms in total. The quantitative estimate of drug-likeness (QED) is 0.906. The molecule has 100 valence electrons. The van der Waals surface area contributed by atoms with Gasteiger partial charge in [-0.15, -0.1) is 13.2 Å². The molecule has 0 spiro atoms. The van der Waals surface area contributed by atoms with Crippen molar-refractivity contribution in [2.45, 2.75) is 13.3 Å². The van der Waals surface area contributed by atoms with Crippen LogP contribution in [0.25, 0.3) is 11.1 Å². The number of benzene rings is 1. The molecule has 0 aliphatic heterocycles. The molecule has 0 unspecified atom stereocenters. The maximum atomic E-state index is 12.0. The molecule has 6 heteroatoms. The van der Waals surface area contributed by atoms with Crippen LogP contribution in [0.4, 0.5) is 19.0 Å². The van der Waals surface area contributed by atoms with Gasteiger partial charge in [0.1, 0.15) is 11.6 Å². The Labute approximate surface area is 107 Å². The lowest BCUT2D eigenvalue weighted by Gasteiger charge is -2.09. The van der Waals surface area contributed by atoms with Crippen LogP contribution in [0.15, 0.2) is 36.4 Å². The van der Waals surface area contributed by atoms with Crippen LogP contribution in [0.1, 0.15) is 5.69 Å². The van der Waals surface area contributed by atoms with Crippen molar-refractivity contribution in [2.24, 2.45) is 0 Å². The molecule has 0 fully saturated rings. The van der Waals surface area contributed by atoms with Gasteiger partial charge in [0.2, 0.25) is 0 Å². The van der Waals surface area contributed by atoms with Gasteiger partial charge in [0.15, 0.2) is 0 Å². The molecule has 2 rings (SSSR count). The topological polar surface area (TPSA) is 48.1 Å². The Kier molecular flexibility index (Phi) is 3.33. The minimum absolute atomic E-state index is 0.255. The van der Waals surface area contributed by atoms with Gasteiger partial charge in [0.25, 0.3) is 0 Å². The van der Waals surface area contributed by atoms with Crippen molar-refractivity contribution in [3.63, 3.8) is 0 Å². The minimum Gasteiger partial charge on any atom is -0.406 e. The highest BCUT2D eigenvalue weighted by Gasteiger charge is 2.30. The second-order valence-electron chi connectivity index (χ2n) is 3.99. The second-order valence-corrected chi connectivity index (χ2v) is 3.99. The van der Waals surface area contributed by atoms with E-state index in [-0.39, 0.29) is 5.75 Å². The van der Waals surface area contributed by atoms with Crippen molar-refractivity contribution in [1.29, 1.82) is 0 Å². The lowest BCUT2D eigenvalue weighted by Crippen LogP contribution is -2.16. The number of aromatic nitrogens is 1. The highest BCUT2D eigenvalue weighted by Crippen LogP contribution is 2.27. The summed E-state index contributed by atoms with van der Waals surface area (Å²) >= 11 is 0. The SMILES string of the molecule is Cc1cc(-c2ccc(OC(F)(F)F)cc2)cc(N)n1. The normalized spacial score (nSPS) is 11.4. The molecular weight excluding hydrogens is 257 g/mol. The third-order valence-electron chi connectivity index (χ3n) is 2.39. The third-order valence-corrected chi connectivity index (χ3v) is 2.39. The molecule has 0 saturated heterocycles. The van der Waals surface area contributed by atoms with Gasteiger partial charge in [0, 0.05) is 5.69 Å². The number of aryl methyl sites for hydroxylation is 1. The Morgan fingerprint density at radius 2 is 1.68 bits per heavy atom. The second kappa shape index (κ2) is 4.79. The number of nitrogen functional groups attached to an aromatic ring is 1. The molecule has 1 heterocycles. The third kappa shape index (κ3) is 3.61. The zero-order valence-electron chi connectivity index (χ0n) is 10.0. The van der Waals surface area contributed by atoms with Gasteiger partial charge in [-0.1, -0.05) is 12.1 Å². The number of ether oxygens (including phenoxy) is 1. The Bertz CT molecular complexity index is 559. The van der Waals surface area contributed by atoms with Crippen LogP contribution in [0.3, 0.4) is 0 Å². The lowest BCUT2D eigenvalue weighted by atomic mass is 10.1. The number of halogens is 3. The molecule has 0 aliphatic rings. The predicted octanol–water partition coefficient (Wildman–Crippen LogP) is 3.54. The Hall–Kier alpha value is -2.24. The van der Waals surface area contributed by atoms with Crippen molar-refractivity contribution in [3.8, 4) is 16.9 Å². The van der Waals surface area contributed by atoms with Gasteiger partial charge in [-0.3, -0.25) is 0 Å². The van der Waals surface area contributed by atoms with Crippen LogP contribution in [0.5, 0.6) is 5.75 Å². The monoisotopic (exact) mass is 268 g/mol. The van der Waals surface area contributed by atoms with E-state index in [2.05, 4.69) is 9.72 Å². The molecule has 19 heavy (non-hydrogen) atoms. The van der Waals surface area contributed by atoms with Crippen molar-refractivity contribution in [1.82, 2.24) is 4.98 Å². The van der Waals surface area contributed by atoms with Crippen LogP contribution in [0.2, 0.25) is 0 Å². The van der Waals surface area contributed by atoms with Gasteiger partial charge in [0.05, 0.1) is 0 Å². The van der Waals surface area contributed by atoms with Crippen LogP contribution in [-0.2, 0) is 0 Å². The number of nitrogens with zero attached hydrogens (tertiary/aromatic N) is 1. The van der Waals surface area contributed by atoms with E-state index >= 15 is 0 Å². The molecular formula is C13H11F3N2O. The van der Waals surface area contributed by atoms with E-state index in [1.807, 2.05) is 0 Å². The molecule has 0 saturated carbocycles. The first-order valence-corrected chi connectivity index (χ1v) is 5.44. The zero-order valence-corrected chi connectivity index (χ0v) is 10.0. The minimum atomic E-state index is -4.68. The Morgan fingerprint density at radius 3 is 2.21 bits per heavy atom. The summed E-state index contributed by atoms with van der Waals surface area (Å²) in [5, 5.41) is 0. The van der Waals surface area contributed by atoms with E-state index in [1.165, 1.54) is 24.3 Å². The van der Waals surface area contributed by atoms with Crippen LogP contribution in [0, 0.1) is 6.92 Å². The number of rotatable bonds is 2. The maximum absolute atomic E-state index is 12.0. The van der Waals surface area contributed by atoms with Crippen LogP contribution in [-0.4, -0.2) is 11.3 Å². The summed E-state index contributed by atoms with van der Waals surface area (Å²) in [6.45, 7) is 1.79. The highest BCUT2D eigenvalue weighted by atomic mass is 19.4. The molecule has 2 N–H and O–H groups in total. The van der Waals surface area contributed by atoms with E-state index in [0.717, 1.165) is 16.8 Å². The molecule has 0 atom stereocenters. The zero-order chi connectivity index (χ0) is 14.0. The van der Waals surface area contributed by atoms with E-state index < -0.39 is 6.36 Å². The fraction of sp³-hybridized carbons (Fsp3) is 0.154. The summed E-state index contributed by atoms with van der Waals surface area (Å²) in [5.74, 6) is 0.112. The number of nitrogens with two attached hydrogens (primary N) is 1. The van der Waals surface area contributed by atoms with Gasteiger partial charge < -0.3 is 10.5 Å². The molecule has 2 aromatic rings. The van der Waals surface area contributed by atoms with Gasteiger partial charge in [-0.25, -0.2) is 4.98 Å². The van der Waals surface area contributed by atoms with Crippen molar-refractivity contribution < 1.29 is 17.9 Å². The van der Waals surface area contributed by atoms with Crippen molar-refractivity contribution >= 4 is 5.82 Å². The Balaban J connectivity index is 2.27. The standard InChI is InChI=1S/C13H11F3N2O/c1-8-6-10(7-12(17)18-8)9-2-4-11(5-3-9)19-13(14,15)16/h2-7H,1H3,(H2,17,18). The fourth-order valence-electron chi connectivity index (χ4n) is 1.71. The van der Waals surface area contributed by atoms with Crippen LogP contribution >= 0.6 is 0 Å². The van der Waals surface area contributed by atoms with E-state index in [4.69, 9.17) is 5.73 Å². The number of hydrogen-bond acceptors (Lipinski definition) is 3. The maximum Gasteiger partial charge on any atom is 0.573 e. The molecule has 1 aromatic heterocycles. The molecule has 0 radical (unpaired) electrons. The number of pyridine rings is 1. The first-order chi connectivity index (χ1) is 8.83. The lowest BCUT2D eigenvalue weighted by molar-refractivity contribution is -0.274. The fourth-order valence-corrected chi connectivity index (χ4v) is 1.71. The highest BCUT2D eigenvalue weighted by molar-refractivity contribution is 5.67. The number of alkyl halides is 3. The summed E-state index contributed by atoms with van der Waals surface area (Å²) in [6.07, 6.45) is -4.68. The van der Waals surface area contributed by atoms with E-state index in [1.54, 1.807) is 19.1 Å².